The van der Waals surface area contributed by atoms with Gasteiger partial charge in [-0.15, -0.1) is 0 Å². The zero-order valence-electron chi connectivity index (χ0n) is 10.3. The second kappa shape index (κ2) is 4.32. The summed E-state index contributed by atoms with van der Waals surface area (Å²) in [5.74, 6) is -0.660. The first kappa shape index (κ1) is 12.1. The number of benzene rings is 1. The number of nitrogen functional groups attached to an aromatic ring is 1. The molecule has 2 unspecified atom stereocenters. The predicted molar refractivity (Wildman–Crippen MR) is 67.7 cm³/mol. The lowest BCUT2D eigenvalue weighted by Gasteiger charge is -2.31. The number of piperidine rings is 1. The summed E-state index contributed by atoms with van der Waals surface area (Å²) in [6.45, 7) is 1.16. The number of carbonyl (C=O) groups is 2. The van der Waals surface area contributed by atoms with E-state index in [-0.39, 0.29) is 18.1 Å². The molecule has 4 N–H and O–H groups in total. The zero-order chi connectivity index (χ0) is 13.6. The van der Waals surface area contributed by atoms with Crippen LogP contribution in [0, 0.1) is 0 Å². The Labute approximate surface area is 110 Å². The Morgan fingerprint density at radius 3 is 2.84 bits per heavy atom. The van der Waals surface area contributed by atoms with Crippen molar-refractivity contribution >= 4 is 17.4 Å². The Bertz CT molecular complexity index is 558. The fourth-order valence-electron chi connectivity index (χ4n) is 2.69. The predicted octanol–water partition coefficient (Wildman–Crippen LogP) is -0.640. The SMILES string of the molecule is Nc1cccc2c1CN(C1CC(=O)C(O)NC1=O)C2. The maximum Gasteiger partial charge on any atom is 0.240 e. The molecule has 1 saturated heterocycles. The van der Waals surface area contributed by atoms with E-state index < -0.39 is 12.3 Å². The van der Waals surface area contributed by atoms with Gasteiger partial charge in [0.2, 0.25) is 5.91 Å². The minimum Gasteiger partial charge on any atom is -0.398 e. The fraction of sp³-hybridized carbons (Fsp3) is 0.385. The summed E-state index contributed by atoms with van der Waals surface area (Å²) < 4.78 is 0. The third kappa shape index (κ3) is 1.98. The van der Waals surface area contributed by atoms with Crippen molar-refractivity contribution in [1.29, 1.82) is 0 Å². The summed E-state index contributed by atoms with van der Waals surface area (Å²) >= 11 is 0. The molecule has 0 spiro atoms. The molecule has 0 radical (unpaired) electrons. The van der Waals surface area contributed by atoms with Gasteiger partial charge in [-0.2, -0.15) is 0 Å². The standard InChI is InChI=1S/C13H15N3O3/c14-9-3-1-2-7-5-16(6-8(7)9)10-4-11(17)13(19)15-12(10)18/h1-3,10,13,19H,4-6,14H2,(H,15,18). The monoisotopic (exact) mass is 261 g/mol. The third-order valence-electron chi connectivity index (χ3n) is 3.77. The van der Waals surface area contributed by atoms with Gasteiger partial charge in [0.1, 0.15) is 0 Å². The van der Waals surface area contributed by atoms with E-state index >= 15 is 0 Å². The number of hydrogen-bond acceptors (Lipinski definition) is 5. The molecule has 100 valence electrons. The molecule has 6 heteroatoms. The van der Waals surface area contributed by atoms with E-state index in [4.69, 9.17) is 5.73 Å². The molecule has 2 aliphatic heterocycles. The molecule has 19 heavy (non-hydrogen) atoms. The number of aliphatic hydroxyl groups excluding tert-OH is 1. The zero-order valence-corrected chi connectivity index (χ0v) is 10.3. The van der Waals surface area contributed by atoms with E-state index in [1.807, 2.05) is 23.1 Å². The summed E-state index contributed by atoms with van der Waals surface area (Å²) in [5, 5.41) is 11.6. The van der Waals surface area contributed by atoms with Gasteiger partial charge < -0.3 is 16.2 Å². The highest BCUT2D eigenvalue weighted by Gasteiger charge is 2.39. The third-order valence-corrected chi connectivity index (χ3v) is 3.77. The van der Waals surface area contributed by atoms with Crippen LogP contribution in [-0.2, 0) is 22.7 Å². The second-order valence-electron chi connectivity index (χ2n) is 4.99. The van der Waals surface area contributed by atoms with E-state index in [0.29, 0.717) is 18.8 Å². The van der Waals surface area contributed by atoms with Crippen LogP contribution in [0.3, 0.4) is 0 Å². The van der Waals surface area contributed by atoms with Gasteiger partial charge in [0.25, 0.3) is 0 Å². The average molecular weight is 261 g/mol. The van der Waals surface area contributed by atoms with E-state index in [0.717, 1.165) is 11.1 Å². The lowest BCUT2D eigenvalue weighted by molar-refractivity contribution is -0.146. The fourth-order valence-corrected chi connectivity index (χ4v) is 2.69. The number of aliphatic hydroxyl groups is 1. The number of amides is 1. The van der Waals surface area contributed by atoms with Gasteiger partial charge in [-0.05, 0) is 17.2 Å². The highest BCUT2D eigenvalue weighted by Crippen LogP contribution is 2.30. The summed E-state index contributed by atoms with van der Waals surface area (Å²) in [7, 11) is 0. The molecule has 0 aliphatic carbocycles. The summed E-state index contributed by atoms with van der Waals surface area (Å²) in [6.07, 6.45) is -1.32. The summed E-state index contributed by atoms with van der Waals surface area (Å²) in [6, 6.07) is 5.16. The molecule has 6 nitrogen and oxygen atoms in total. The molecular formula is C13H15N3O3. The molecular weight excluding hydrogens is 246 g/mol. The van der Waals surface area contributed by atoms with Crippen molar-refractivity contribution < 1.29 is 14.7 Å². The van der Waals surface area contributed by atoms with Crippen LogP contribution in [0.4, 0.5) is 5.69 Å². The number of rotatable bonds is 1. The molecule has 2 aliphatic rings. The highest BCUT2D eigenvalue weighted by atomic mass is 16.3. The van der Waals surface area contributed by atoms with Gasteiger partial charge >= 0.3 is 0 Å². The minimum absolute atomic E-state index is 0.0426. The number of nitrogens with zero attached hydrogens (tertiary/aromatic N) is 1. The van der Waals surface area contributed by atoms with Gasteiger partial charge in [-0.1, -0.05) is 12.1 Å². The van der Waals surface area contributed by atoms with E-state index in [1.165, 1.54) is 0 Å². The normalized spacial score (nSPS) is 27.2. The van der Waals surface area contributed by atoms with Gasteiger partial charge in [-0.25, -0.2) is 0 Å². The Kier molecular flexibility index (Phi) is 2.76. The first-order valence-corrected chi connectivity index (χ1v) is 6.17. The summed E-state index contributed by atoms with van der Waals surface area (Å²) in [5.41, 5.74) is 8.74. The number of hydrogen-bond donors (Lipinski definition) is 3. The number of nitrogens with one attached hydrogen (secondary N) is 1. The van der Waals surface area contributed by atoms with Crippen LogP contribution in [0.5, 0.6) is 0 Å². The van der Waals surface area contributed by atoms with E-state index in [9.17, 15) is 14.7 Å². The Morgan fingerprint density at radius 1 is 1.32 bits per heavy atom. The Hall–Kier alpha value is -1.92. The molecule has 2 atom stereocenters. The van der Waals surface area contributed by atoms with Gasteiger partial charge in [0.05, 0.1) is 6.04 Å². The maximum atomic E-state index is 11.9. The molecule has 0 aromatic heterocycles. The van der Waals surface area contributed by atoms with Crippen molar-refractivity contribution in [2.45, 2.75) is 31.8 Å². The molecule has 2 heterocycles. The average Bonchev–Trinajstić information content (AvgIpc) is 2.79. The molecule has 1 fully saturated rings. The lowest BCUT2D eigenvalue weighted by Crippen LogP contribution is -2.57. The molecule has 3 rings (SSSR count). The smallest absolute Gasteiger partial charge is 0.240 e. The van der Waals surface area contributed by atoms with Crippen molar-refractivity contribution in [3.8, 4) is 0 Å². The first-order chi connectivity index (χ1) is 9.06. The van der Waals surface area contributed by atoms with Crippen LogP contribution in [-0.4, -0.2) is 34.0 Å². The lowest BCUT2D eigenvalue weighted by atomic mass is 10.0. The number of carbonyl (C=O) groups excluding carboxylic acids is 2. The van der Waals surface area contributed by atoms with Crippen molar-refractivity contribution in [3.05, 3.63) is 29.3 Å². The number of ketones is 1. The highest BCUT2D eigenvalue weighted by molar-refractivity contribution is 5.97. The molecule has 1 amide bonds. The number of anilines is 1. The van der Waals surface area contributed by atoms with Crippen molar-refractivity contribution in [1.82, 2.24) is 10.2 Å². The molecule has 1 aromatic carbocycles. The molecule has 0 saturated carbocycles. The van der Waals surface area contributed by atoms with Crippen molar-refractivity contribution in [2.24, 2.45) is 0 Å². The van der Waals surface area contributed by atoms with E-state index in [1.54, 1.807) is 0 Å². The van der Waals surface area contributed by atoms with Gasteiger partial charge in [-0.3, -0.25) is 14.5 Å². The van der Waals surface area contributed by atoms with Crippen LogP contribution < -0.4 is 11.1 Å². The van der Waals surface area contributed by atoms with Crippen LogP contribution in [0.2, 0.25) is 0 Å². The Balaban J connectivity index is 1.81. The maximum absolute atomic E-state index is 11.9. The van der Waals surface area contributed by atoms with Crippen LogP contribution in [0.1, 0.15) is 17.5 Å². The quantitative estimate of drug-likeness (QED) is 0.584. The first-order valence-electron chi connectivity index (χ1n) is 6.17. The largest absolute Gasteiger partial charge is 0.398 e. The van der Waals surface area contributed by atoms with Crippen LogP contribution >= 0.6 is 0 Å². The van der Waals surface area contributed by atoms with Crippen molar-refractivity contribution in [3.63, 3.8) is 0 Å². The minimum atomic E-state index is -1.36. The Morgan fingerprint density at radius 2 is 2.11 bits per heavy atom. The number of fused-ring (bicyclic) bond motifs is 1. The van der Waals surface area contributed by atoms with Gasteiger partial charge in [0, 0.05) is 25.2 Å². The van der Waals surface area contributed by atoms with E-state index in [2.05, 4.69) is 5.32 Å². The molecule has 1 aromatic rings. The molecule has 0 bridgehead atoms. The number of nitrogens with two attached hydrogens (primary N) is 1. The summed E-state index contributed by atoms with van der Waals surface area (Å²) in [4.78, 5) is 25.3. The second-order valence-corrected chi connectivity index (χ2v) is 4.99. The van der Waals surface area contributed by atoms with Gasteiger partial charge in [0.15, 0.2) is 12.0 Å². The topological polar surface area (TPSA) is 95.7 Å². The van der Waals surface area contributed by atoms with Crippen LogP contribution in [0.15, 0.2) is 18.2 Å². The van der Waals surface area contributed by atoms with Crippen molar-refractivity contribution in [2.75, 3.05) is 5.73 Å². The van der Waals surface area contributed by atoms with Crippen LogP contribution in [0.25, 0.3) is 0 Å². The number of Topliss-reactive ketones (excluding diaryl/α,β-unsaturated/α-hetero) is 1.